The Morgan fingerprint density at radius 2 is 1.76 bits per heavy atom. The molecule has 2 aliphatic rings. The average Bonchev–Trinajstić information content (AvgIpc) is 3.24. The number of hydrogen-bond donors (Lipinski definition) is 1. The summed E-state index contributed by atoms with van der Waals surface area (Å²) in [4.78, 5) is 46.0. The zero-order valence-electron chi connectivity index (χ0n) is 21.1. The highest BCUT2D eigenvalue weighted by Crippen LogP contribution is 2.38. The summed E-state index contributed by atoms with van der Waals surface area (Å²) < 4.78 is 13.9. The largest absolute Gasteiger partial charge is 0.338 e. The quantitative estimate of drug-likeness (QED) is 0.428. The molecule has 2 amide bonds. The number of nitrogens with one attached hydrogen (secondary N) is 1. The number of piperidine rings is 1. The maximum absolute atomic E-state index is 13.9. The highest BCUT2D eigenvalue weighted by Gasteiger charge is 2.52. The van der Waals surface area contributed by atoms with Crippen LogP contribution in [0.15, 0.2) is 79.1 Å². The van der Waals surface area contributed by atoms with E-state index < -0.39 is 23.2 Å². The van der Waals surface area contributed by atoms with Crippen molar-refractivity contribution in [3.05, 3.63) is 102 Å². The second kappa shape index (κ2) is 8.87. The Kier molecular flexibility index (Phi) is 5.60. The smallest absolute Gasteiger partial charge is 0.254 e. The Hall–Kier alpha value is -4.39. The van der Waals surface area contributed by atoms with E-state index in [-0.39, 0.29) is 36.3 Å². The Labute approximate surface area is 219 Å². The molecule has 3 heterocycles. The molecule has 1 N–H and O–H groups in total. The van der Waals surface area contributed by atoms with Crippen LogP contribution in [0.5, 0.6) is 0 Å². The fourth-order valence-electron chi connectivity index (χ4n) is 5.71. The number of carbonyl (C=O) groups is 3. The van der Waals surface area contributed by atoms with Gasteiger partial charge in [0.15, 0.2) is 5.78 Å². The van der Waals surface area contributed by atoms with Crippen molar-refractivity contribution in [3.63, 3.8) is 0 Å². The number of Topliss-reactive ketones (excluding diaryl/α,β-unsaturated/α-hetero) is 1. The van der Waals surface area contributed by atoms with Crippen LogP contribution in [0.3, 0.4) is 0 Å². The molecule has 3 atom stereocenters. The molecule has 3 aromatic carbocycles. The molecule has 1 saturated heterocycles. The number of rotatable bonds is 4. The van der Waals surface area contributed by atoms with E-state index in [1.807, 2.05) is 54.7 Å². The van der Waals surface area contributed by atoms with Crippen LogP contribution < -0.4 is 5.32 Å². The van der Waals surface area contributed by atoms with E-state index >= 15 is 0 Å². The van der Waals surface area contributed by atoms with Gasteiger partial charge in [0, 0.05) is 41.7 Å². The summed E-state index contributed by atoms with van der Waals surface area (Å²) >= 11 is 0. The molecule has 190 valence electrons. The summed E-state index contributed by atoms with van der Waals surface area (Å²) in [6, 6.07) is 19.7. The number of amides is 2. The minimum atomic E-state index is -1.42. The first kappa shape index (κ1) is 24.0. The molecule has 1 aromatic heterocycles. The van der Waals surface area contributed by atoms with E-state index in [1.54, 1.807) is 26.1 Å². The van der Waals surface area contributed by atoms with Gasteiger partial charge >= 0.3 is 0 Å². The van der Waals surface area contributed by atoms with Crippen LogP contribution in [0.4, 0.5) is 4.39 Å². The number of benzene rings is 3. The summed E-state index contributed by atoms with van der Waals surface area (Å²) in [5.41, 5.74) is 2.16. The van der Waals surface area contributed by atoms with Crippen LogP contribution in [0.2, 0.25) is 0 Å². The molecule has 6 rings (SSSR count). The second-order valence-electron chi connectivity index (χ2n) is 10.3. The first-order valence-corrected chi connectivity index (χ1v) is 12.7. The maximum Gasteiger partial charge on any atom is 0.254 e. The monoisotopic (exact) mass is 507 g/mol. The summed E-state index contributed by atoms with van der Waals surface area (Å²) in [5, 5.41) is 5.06. The molecular formula is C31H26FN3O3. The number of halogens is 1. The summed E-state index contributed by atoms with van der Waals surface area (Å²) in [6.07, 6.45) is 3.57. The Balaban J connectivity index is 1.41. The third-order valence-electron chi connectivity index (χ3n) is 8.08. The van der Waals surface area contributed by atoms with Gasteiger partial charge in [-0.1, -0.05) is 62.4 Å². The van der Waals surface area contributed by atoms with Crippen molar-refractivity contribution >= 4 is 28.4 Å². The number of pyridine rings is 1. The van der Waals surface area contributed by atoms with Crippen LogP contribution in [0, 0.1) is 17.7 Å². The van der Waals surface area contributed by atoms with Crippen molar-refractivity contribution in [1.82, 2.24) is 15.2 Å². The fourth-order valence-corrected chi connectivity index (χ4v) is 5.71. The van der Waals surface area contributed by atoms with Crippen molar-refractivity contribution in [3.8, 4) is 11.1 Å². The third kappa shape index (κ3) is 3.69. The predicted molar refractivity (Wildman–Crippen MR) is 141 cm³/mol. The van der Waals surface area contributed by atoms with Gasteiger partial charge in [-0.15, -0.1) is 0 Å². The molecule has 0 saturated carbocycles. The van der Waals surface area contributed by atoms with Crippen LogP contribution in [0.25, 0.3) is 21.9 Å². The van der Waals surface area contributed by atoms with E-state index in [2.05, 4.69) is 10.3 Å². The molecule has 2 aliphatic heterocycles. The average molecular weight is 508 g/mol. The molecule has 7 heteroatoms. The Morgan fingerprint density at radius 1 is 0.974 bits per heavy atom. The van der Waals surface area contributed by atoms with Gasteiger partial charge in [0.1, 0.15) is 11.4 Å². The predicted octanol–water partition coefficient (Wildman–Crippen LogP) is 4.86. The standard InChI is InChI=1S/C31H26FN3O3/c1-18-19(2)29(37)34-31(28(18)36,17-35-16-22-8-11-24(32)14-27(22)30(35)38)23-9-6-20(7-10-23)25-5-3-4-21-15-33-13-12-26(21)25/h3-15,18-19H,16-17H2,1-2H3,(H,34,37). The van der Waals surface area contributed by atoms with Gasteiger partial charge in [-0.25, -0.2) is 4.39 Å². The van der Waals surface area contributed by atoms with E-state index in [0.717, 1.165) is 21.9 Å². The fraction of sp³-hybridized carbons (Fsp3) is 0.226. The normalized spacial score (nSPS) is 23.0. The minimum Gasteiger partial charge on any atom is -0.338 e. The minimum absolute atomic E-state index is 0.0386. The van der Waals surface area contributed by atoms with Gasteiger partial charge in [-0.3, -0.25) is 19.4 Å². The lowest BCUT2D eigenvalue weighted by Crippen LogP contribution is -2.65. The molecule has 4 aromatic rings. The Morgan fingerprint density at radius 3 is 2.55 bits per heavy atom. The number of ketones is 1. The summed E-state index contributed by atoms with van der Waals surface area (Å²) in [7, 11) is 0. The molecule has 38 heavy (non-hydrogen) atoms. The van der Waals surface area contributed by atoms with Crippen LogP contribution in [-0.4, -0.2) is 34.0 Å². The molecule has 0 spiro atoms. The molecule has 0 radical (unpaired) electrons. The van der Waals surface area contributed by atoms with E-state index in [1.165, 1.54) is 17.0 Å². The van der Waals surface area contributed by atoms with Gasteiger partial charge in [-0.05, 0) is 45.8 Å². The van der Waals surface area contributed by atoms with Crippen LogP contribution in [-0.2, 0) is 21.7 Å². The van der Waals surface area contributed by atoms with Crippen molar-refractivity contribution < 1.29 is 18.8 Å². The molecule has 0 aliphatic carbocycles. The molecule has 1 fully saturated rings. The van der Waals surface area contributed by atoms with E-state index in [9.17, 15) is 18.8 Å². The molecule has 0 bridgehead atoms. The first-order valence-electron chi connectivity index (χ1n) is 12.7. The van der Waals surface area contributed by atoms with Gasteiger partial charge in [0.2, 0.25) is 5.91 Å². The van der Waals surface area contributed by atoms with Gasteiger partial charge in [0.05, 0.1) is 6.54 Å². The summed E-state index contributed by atoms with van der Waals surface area (Å²) in [5.74, 6) is -2.25. The molecular weight excluding hydrogens is 481 g/mol. The van der Waals surface area contributed by atoms with E-state index in [4.69, 9.17) is 0 Å². The van der Waals surface area contributed by atoms with E-state index in [0.29, 0.717) is 11.1 Å². The molecule has 3 unspecified atom stereocenters. The highest BCUT2D eigenvalue weighted by atomic mass is 19.1. The van der Waals surface area contributed by atoms with Gasteiger partial charge in [0.25, 0.3) is 5.91 Å². The number of aromatic nitrogens is 1. The number of carbonyl (C=O) groups excluding carboxylic acids is 3. The number of fused-ring (bicyclic) bond motifs is 2. The Bertz CT molecular complexity index is 1610. The highest BCUT2D eigenvalue weighted by molar-refractivity contribution is 6.04. The number of nitrogens with zero attached hydrogens (tertiary/aromatic N) is 2. The number of hydrogen-bond acceptors (Lipinski definition) is 4. The lowest BCUT2D eigenvalue weighted by Gasteiger charge is -2.44. The zero-order chi connectivity index (χ0) is 26.6. The SMILES string of the molecule is CC1C(=O)NC(CN2Cc3ccc(F)cc3C2=O)(c2ccc(-c3cccc4cnccc34)cc2)C(=O)C1C. The second-order valence-corrected chi connectivity index (χ2v) is 10.3. The van der Waals surface area contributed by atoms with Gasteiger partial charge < -0.3 is 10.2 Å². The van der Waals surface area contributed by atoms with Crippen molar-refractivity contribution in [1.29, 1.82) is 0 Å². The topological polar surface area (TPSA) is 79.4 Å². The third-order valence-corrected chi connectivity index (χ3v) is 8.08. The summed E-state index contributed by atoms with van der Waals surface area (Å²) in [6.45, 7) is 3.70. The van der Waals surface area contributed by atoms with Crippen LogP contribution >= 0.6 is 0 Å². The molecule has 6 nitrogen and oxygen atoms in total. The first-order chi connectivity index (χ1) is 18.3. The maximum atomic E-state index is 13.9. The van der Waals surface area contributed by atoms with Gasteiger partial charge in [-0.2, -0.15) is 0 Å². The van der Waals surface area contributed by atoms with Crippen LogP contribution in [0.1, 0.15) is 35.3 Å². The lowest BCUT2D eigenvalue weighted by molar-refractivity contribution is -0.146. The van der Waals surface area contributed by atoms with Crippen molar-refractivity contribution in [2.24, 2.45) is 11.8 Å². The lowest BCUT2D eigenvalue weighted by atomic mass is 9.72. The van der Waals surface area contributed by atoms with Crippen molar-refractivity contribution in [2.45, 2.75) is 25.9 Å². The zero-order valence-corrected chi connectivity index (χ0v) is 21.1. The van der Waals surface area contributed by atoms with Crippen molar-refractivity contribution in [2.75, 3.05) is 6.54 Å².